The molecule has 1 atom stereocenters. The molecule has 0 bridgehead atoms. The average Bonchev–Trinajstić information content (AvgIpc) is 3.10. The fourth-order valence-electron chi connectivity index (χ4n) is 4.15. The summed E-state index contributed by atoms with van der Waals surface area (Å²) in [7, 11) is 0. The van der Waals surface area contributed by atoms with Crippen molar-refractivity contribution >= 4 is 5.91 Å². The molecule has 6 nitrogen and oxygen atoms in total. The molecule has 1 aromatic carbocycles. The van der Waals surface area contributed by atoms with E-state index in [1.54, 1.807) is 18.6 Å². The predicted octanol–water partition coefficient (Wildman–Crippen LogP) is 4.19. The van der Waals surface area contributed by atoms with E-state index >= 15 is 0 Å². The van der Waals surface area contributed by atoms with E-state index in [0.29, 0.717) is 23.6 Å². The lowest BCUT2D eigenvalue weighted by Gasteiger charge is -2.31. The molecule has 3 aromatic rings. The van der Waals surface area contributed by atoms with E-state index in [-0.39, 0.29) is 11.9 Å². The molecule has 2 aromatic heterocycles. The molecule has 4 rings (SSSR count). The Morgan fingerprint density at radius 1 is 1.03 bits per heavy atom. The lowest BCUT2D eigenvalue weighted by molar-refractivity contribution is 0.0932. The molecule has 0 unspecified atom stereocenters. The SMILES string of the molecule is Cc1nc(-c2cccnc2)ncc1C(=O)NC[C@H](c1ccccc1)N1CCCCCC1. The monoisotopic (exact) mass is 415 g/mol. The number of pyridine rings is 1. The highest BCUT2D eigenvalue weighted by Gasteiger charge is 2.23. The van der Waals surface area contributed by atoms with Crippen LogP contribution in [0.4, 0.5) is 0 Å². The topological polar surface area (TPSA) is 71.0 Å². The van der Waals surface area contributed by atoms with E-state index < -0.39 is 0 Å². The van der Waals surface area contributed by atoms with Crippen LogP contribution in [-0.4, -0.2) is 45.4 Å². The van der Waals surface area contributed by atoms with Crippen molar-refractivity contribution in [1.29, 1.82) is 0 Å². The Hall–Kier alpha value is -3.12. The number of hydrogen-bond donors (Lipinski definition) is 1. The summed E-state index contributed by atoms with van der Waals surface area (Å²) in [6, 6.07) is 14.4. The largest absolute Gasteiger partial charge is 0.350 e. The summed E-state index contributed by atoms with van der Waals surface area (Å²) in [5, 5.41) is 3.14. The molecule has 0 radical (unpaired) electrons. The molecule has 0 spiro atoms. The van der Waals surface area contributed by atoms with Gasteiger partial charge in [0.15, 0.2) is 5.82 Å². The zero-order chi connectivity index (χ0) is 21.5. The summed E-state index contributed by atoms with van der Waals surface area (Å²) in [6.45, 7) is 4.54. The van der Waals surface area contributed by atoms with Gasteiger partial charge in [0.2, 0.25) is 0 Å². The van der Waals surface area contributed by atoms with E-state index in [4.69, 9.17) is 0 Å². The van der Waals surface area contributed by atoms with Crippen LogP contribution >= 0.6 is 0 Å². The van der Waals surface area contributed by atoms with Crippen LogP contribution < -0.4 is 5.32 Å². The number of rotatable bonds is 6. The van der Waals surface area contributed by atoms with Gasteiger partial charge >= 0.3 is 0 Å². The Morgan fingerprint density at radius 3 is 2.48 bits per heavy atom. The van der Waals surface area contributed by atoms with Crippen molar-refractivity contribution in [2.45, 2.75) is 38.6 Å². The number of hydrogen-bond acceptors (Lipinski definition) is 5. The first-order valence-electron chi connectivity index (χ1n) is 11.0. The molecule has 1 aliphatic heterocycles. The van der Waals surface area contributed by atoms with Crippen molar-refractivity contribution in [1.82, 2.24) is 25.2 Å². The summed E-state index contributed by atoms with van der Waals surface area (Å²) in [4.78, 5) is 28.5. The standard InChI is InChI=1S/C25H29N5O/c1-19-22(17-27-24(29-19)21-12-9-13-26-16-21)25(31)28-18-23(20-10-5-4-6-11-20)30-14-7-2-3-8-15-30/h4-6,9-13,16-17,23H,2-3,7-8,14-15,18H2,1H3,(H,28,31)/t23-/m1/s1. The zero-order valence-electron chi connectivity index (χ0n) is 18.0. The van der Waals surface area contributed by atoms with Crippen LogP contribution in [0.5, 0.6) is 0 Å². The quantitative estimate of drug-likeness (QED) is 0.653. The number of carbonyl (C=O) groups is 1. The number of nitrogens with zero attached hydrogens (tertiary/aromatic N) is 4. The lowest BCUT2D eigenvalue weighted by atomic mass is 10.0. The molecular weight excluding hydrogens is 386 g/mol. The van der Waals surface area contributed by atoms with Crippen LogP contribution in [0.2, 0.25) is 0 Å². The van der Waals surface area contributed by atoms with E-state index in [0.717, 1.165) is 18.7 Å². The highest BCUT2D eigenvalue weighted by atomic mass is 16.1. The van der Waals surface area contributed by atoms with Gasteiger partial charge < -0.3 is 5.32 Å². The minimum atomic E-state index is -0.133. The zero-order valence-corrected chi connectivity index (χ0v) is 18.0. The maximum atomic E-state index is 13.0. The fraction of sp³-hybridized carbons (Fsp3) is 0.360. The van der Waals surface area contributed by atoms with Gasteiger partial charge in [-0.05, 0) is 50.6 Å². The van der Waals surface area contributed by atoms with Crippen molar-refractivity contribution in [2.75, 3.05) is 19.6 Å². The fourth-order valence-corrected chi connectivity index (χ4v) is 4.15. The van der Waals surface area contributed by atoms with Gasteiger partial charge in [0, 0.05) is 30.7 Å². The van der Waals surface area contributed by atoms with Crippen molar-refractivity contribution < 1.29 is 4.79 Å². The highest BCUT2D eigenvalue weighted by Crippen LogP contribution is 2.24. The van der Waals surface area contributed by atoms with Crippen molar-refractivity contribution in [3.8, 4) is 11.4 Å². The maximum Gasteiger partial charge on any atom is 0.254 e. The van der Waals surface area contributed by atoms with Gasteiger partial charge in [0.25, 0.3) is 5.91 Å². The van der Waals surface area contributed by atoms with E-state index in [1.807, 2.05) is 25.1 Å². The van der Waals surface area contributed by atoms with Gasteiger partial charge in [-0.15, -0.1) is 0 Å². The number of nitrogens with one attached hydrogen (secondary N) is 1. The van der Waals surface area contributed by atoms with E-state index in [2.05, 4.69) is 49.4 Å². The minimum absolute atomic E-state index is 0.133. The summed E-state index contributed by atoms with van der Waals surface area (Å²) in [5.41, 5.74) is 3.25. The Labute approximate surface area is 183 Å². The molecule has 1 aliphatic rings. The number of carbonyl (C=O) groups excluding carboxylic acids is 1. The molecule has 1 N–H and O–H groups in total. The number of amides is 1. The first kappa shape index (κ1) is 21.1. The van der Waals surface area contributed by atoms with Crippen molar-refractivity contribution in [3.63, 3.8) is 0 Å². The summed E-state index contributed by atoms with van der Waals surface area (Å²) in [6.07, 6.45) is 10.0. The van der Waals surface area contributed by atoms with Crippen LogP contribution in [0.25, 0.3) is 11.4 Å². The lowest BCUT2D eigenvalue weighted by Crippen LogP contribution is -2.39. The summed E-state index contributed by atoms with van der Waals surface area (Å²) >= 11 is 0. The molecule has 0 aliphatic carbocycles. The summed E-state index contributed by atoms with van der Waals surface area (Å²) < 4.78 is 0. The van der Waals surface area contributed by atoms with Crippen LogP contribution in [0.15, 0.2) is 61.1 Å². The second-order valence-electron chi connectivity index (χ2n) is 8.02. The first-order valence-corrected chi connectivity index (χ1v) is 11.0. The second kappa shape index (κ2) is 10.3. The number of aryl methyl sites for hydroxylation is 1. The van der Waals surface area contributed by atoms with Gasteiger partial charge in [-0.2, -0.15) is 0 Å². The molecule has 1 fully saturated rings. The third kappa shape index (κ3) is 5.33. The molecule has 0 saturated carbocycles. The Balaban J connectivity index is 1.48. The molecule has 3 heterocycles. The van der Waals surface area contributed by atoms with Crippen LogP contribution in [0.3, 0.4) is 0 Å². The third-order valence-electron chi connectivity index (χ3n) is 5.87. The normalized spacial score (nSPS) is 15.8. The van der Waals surface area contributed by atoms with Gasteiger partial charge in [-0.25, -0.2) is 9.97 Å². The molecule has 6 heteroatoms. The smallest absolute Gasteiger partial charge is 0.254 e. The van der Waals surface area contributed by atoms with Gasteiger partial charge in [-0.3, -0.25) is 14.7 Å². The molecule has 31 heavy (non-hydrogen) atoms. The van der Waals surface area contributed by atoms with E-state index in [1.165, 1.54) is 31.2 Å². The number of benzene rings is 1. The van der Waals surface area contributed by atoms with Gasteiger partial charge in [0.1, 0.15) is 0 Å². The first-order chi connectivity index (χ1) is 15.2. The summed E-state index contributed by atoms with van der Waals surface area (Å²) in [5.74, 6) is 0.444. The van der Waals surface area contributed by atoms with Gasteiger partial charge in [0.05, 0.1) is 17.3 Å². The van der Waals surface area contributed by atoms with E-state index in [9.17, 15) is 4.79 Å². The molecular formula is C25H29N5O. The second-order valence-corrected chi connectivity index (χ2v) is 8.02. The molecule has 1 saturated heterocycles. The average molecular weight is 416 g/mol. The highest BCUT2D eigenvalue weighted by molar-refractivity contribution is 5.95. The maximum absolute atomic E-state index is 13.0. The van der Waals surface area contributed by atoms with Crippen LogP contribution in [-0.2, 0) is 0 Å². The van der Waals surface area contributed by atoms with Crippen molar-refractivity contribution in [2.24, 2.45) is 0 Å². The van der Waals surface area contributed by atoms with Crippen molar-refractivity contribution in [3.05, 3.63) is 77.9 Å². The Bertz CT molecular complexity index is 985. The van der Waals surface area contributed by atoms with Crippen LogP contribution in [0, 0.1) is 6.92 Å². The molecule has 160 valence electrons. The molecule has 1 amide bonds. The number of aromatic nitrogens is 3. The third-order valence-corrected chi connectivity index (χ3v) is 5.87. The Kier molecular flexibility index (Phi) is 6.99. The van der Waals surface area contributed by atoms with Gasteiger partial charge in [-0.1, -0.05) is 43.2 Å². The minimum Gasteiger partial charge on any atom is -0.350 e. The number of likely N-dealkylation sites (tertiary alicyclic amines) is 1. The predicted molar refractivity (Wildman–Crippen MR) is 122 cm³/mol. The Morgan fingerprint density at radius 2 is 1.81 bits per heavy atom. The van der Waals surface area contributed by atoms with Crippen LogP contribution in [0.1, 0.15) is 53.3 Å².